The van der Waals surface area contributed by atoms with Crippen LogP contribution < -0.4 is 0 Å². The van der Waals surface area contributed by atoms with Crippen LogP contribution in [0.4, 0.5) is 0 Å². The number of carbonyl (C=O) groups is 2. The zero-order chi connectivity index (χ0) is 21.7. The second-order valence-corrected chi connectivity index (χ2v) is 7.49. The summed E-state index contributed by atoms with van der Waals surface area (Å²) in [4.78, 5) is 26.5. The third-order valence-electron chi connectivity index (χ3n) is 4.33. The summed E-state index contributed by atoms with van der Waals surface area (Å²) in [5.41, 5.74) is 2.14. The lowest BCUT2D eigenvalue weighted by molar-refractivity contribution is 0.0516. The minimum Gasteiger partial charge on any atom is -0.461 e. The maximum Gasteiger partial charge on any atom is 0.359 e. The van der Waals surface area contributed by atoms with E-state index < -0.39 is 11.8 Å². The first-order chi connectivity index (χ1) is 14.5. The number of benzene rings is 2. The van der Waals surface area contributed by atoms with Crippen LogP contribution in [0.5, 0.6) is 0 Å². The number of thioether (sulfide) groups is 1. The molecular weight excluding hydrogens is 402 g/mol. The molecule has 154 valence electrons. The monoisotopic (exact) mass is 423 g/mol. The lowest BCUT2D eigenvalue weighted by Crippen LogP contribution is -2.17. The highest BCUT2D eigenvalue weighted by Gasteiger charge is 2.30. The van der Waals surface area contributed by atoms with Crippen LogP contribution in [0.25, 0.3) is 5.69 Å². The average molecular weight is 423 g/mol. The van der Waals surface area contributed by atoms with Gasteiger partial charge >= 0.3 is 5.97 Å². The minimum absolute atomic E-state index is 0.0465. The Hall–Kier alpha value is -3.39. The molecule has 0 radical (unpaired) electrons. The van der Waals surface area contributed by atoms with Gasteiger partial charge in [0.15, 0.2) is 10.7 Å². The van der Waals surface area contributed by atoms with Crippen LogP contribution >= 0.6 is 11.8 Å². The summed E-state index contributed by atoms with van der Waals surface area (Å²) in [7, 11) is 0. The van der Waals surface area contributed by atoms with Gasteiger partial charge in [0, 0.05) is 4.90 Å². The molecule has 0 amide bonds. The largest absolute Gasteiger partial charge is 0.461 e. The van der Waals surface area contributed by atoms with Crippen molar-refractivity contribution in [2.24, 2.45) is 5.16 Å². The second kappa shape index (κ2) is 9.41. The third-order valence-corrected chi connectivity index (χ3v) is 5.30. The van der Waals surface area contributed by atoms with Crippen molar-refractivity contribution in [3.63, 3.8) is 0 Å². The molecule has 0 bridgehead atoms. The van der Waals surface area contributed by atoms with Crippen molar-refractivity contribution in [3.8, 4) is 5.69 Å². The first-order valence-electron chi connectivity index (χ1n) is 9.29. The van der Waals surface area contributed by atoms with Crippen molar-refractivity contribution in [2.75, 3.05) is 6.61 Å². The van der Waals surface area contributed by atoms with E-state index in [1.807, 2.05) is 49.4 Å². The lowest BCUT2D eigenvalue weighted by atomic mass is 10.1. The van der Waals surface area contributed by atoms with Gasteiger partial charge in [-0.15, -0.1) is 0 Å². The van der Waals surface area contributed by atoms with Crippen LogP contribution in [0.15, 0.2) is 64.6 Å². The van der Waals surface area contributed by atoms with Crippen molar-refractivity contribution >= 4 is 28.6 Å². The van der Waals surface area contributed by atoms with Gasteiger partial charge in [0.25, 0.3) is 0 Å². The van der Waals surface area contributed by atoms with Gasteiger partial charge in [0.05, 0.1) is 23.6 Å². The Balaban J connectivity index is 2.07. The number of rotatable bonds is 6. The highest BCUT2D eigenvalue weighted by molar-refractivity contribution is 8.15. The summed E-state index contributed by atoms with van der Waals surface area (Å²) in [6, 6.07) is 16.6. The molecule has 0 saturated carbocycles. The number of aryl methyl sites for hydroxylation is 1. The number of oxime groups is 1. The molecule has 30 heavy (non-hydrogen) atoms. The molecule has 3 aromatic rings. The summed E-state index contributed by atoms with van der Waals surface area (Å²) in [6.45, 7) is 5.46. The number of aromatic nitrogens is 2. The molecule has 1 aromatic heterocycles. The minimum atomic E-state index is -0.711. The van der Waals surface area contributed by atoms with E-state index in [0.717, 1.165) is 22.2 Å². The molecule has 0 saturated heterocycles. The predicted octanol–water partition coefficient (Wildman–Crippen LogP) is 4.43. The SMILES string of the molecule is CCOC(=O)c1nn(-c2ccc(C)cc2)c(C)c1C(=O)/C(=N/O)Sc1ccccc1. The Morgan fingerprint density at radius 2 is 1.77 bits per heavy atom. The molecule has 0 aliphatic heterocycles. The van der Waals surface area contributed by atoms with Gasteiger partial charge in [-0.2, -0.15) is 5.10 Å². The molecule has 0 spiro atoms. The van der Waals surface area contributed by atoms with Crippen molar-refractivity contribution in [3.05, 3.63) is 77.1 Å². The molecule has 2 aromatic carbocycles. The van der Waals surface area contributed by atoms with Crippen molar-refractivity contribution in [2.45, 2.75) is 25.7 Å². The van der Waals surface area contributed by atoms with Gasteiger partial charge in [-0.25, -0.2) is 9.48 Å². The normalized spacial score (nSPS) is 11.4. The second-order valence-electron chi connectivity index (χ2n) is 6.43. The van der Waals surface area contributed by atoms with Gasteiger partial charge in [-0.05, 0) is 45.0 Å². The molecular formula is C22H21N3O4S. The van der Waals surface area contributed by atoms with E-state index in [1.165, 1.54) is 4.68 Å². The molecule has 1 N–H and O–H groups in total. The van der Waals surface area contributed by atoms with Gasteiger partial charge in [0.2, 0.25) is 5.78 Å². The molecule has 0 fully saturated rings. The van der Waals surface area contributed by atoms with Gasteiger partial charge < -0.3 is 9.94 Å². The van der Waals surface area contributed by atoms with Gasteiger partial charge in [0.1, 0.15) is 0 Å². The molecule has 3 rings (SSSR count). The zero-order valence-corrected chi connectivity index (χ0v) is 17.6. The Kier molecular flexibility index (Phi) is 6.68. The van der Waals surface area contributed by atoms with E-state index in [-0.39, 0.29) is 22.9 Å². The number of hydrogen-bond acceptors (Lipinski definition) is 7. The Morgan fingerprint density at radius 3 is 2.37 bits per heavy atom. The summed E-state index contributed by atoms with van der Waals surface area (Å²) in [5, 5.41) is 16.9. The van der Waals surface area contributed by atoms with E-state index in [4.69, 9.17) is 4.74 Å². The fourth-order valence-electron chi connectivity index (χ4n) is 2.87. The quantitative estimate of drug-likeness (QED) is 0.120. The topological polar surface area (TPSA) is 93.8 Å². The van der Waals surface area contributed by atoms with E-state index >= 15 is 0 Å². The van der Waals surface area contributed by atoms with Crippen LogP contribution in [0.1, 0.15) is 39.0 Å². The smallest absolute Gasteiger partial charge is 0.359 e. The number of esters is 1. The average Bonchev–Trinajstić information content (AvgIpc) is 3.10. The molecule has 0 aliphatic rings. The van der Waals surface area contributed by atoms with Gasteiger partial charge in [-0.3, -0.25) is 4.79 Å². The van der Waals surface area contributed by atoms with E-state index in [9.17, 15) is 14.8 Å². The van der Waals surface area contributed by atoms with Crippen molar-refractivity contribution < 1.29 is 19.5 Å². The van der Waals surface area contributed by atoms with Crippen LogP contribution in [0.3, 0.4) is 0 Å². The Labute approximate surface area is 178 Å². The van der Waals surface area contributed by atoms with Crippen molar-refractivity contribution in [1.29, 1.82) is 0 Å². The maximum absolute atomic E-state index is 13.3. The number of nitrogens with zero attached hydrogens (tertiary/aromatic N) is 3. The van der Waals surface area contributed by atoms with E-state index in [1.54, 1.807) is 26.0 Å². The Morgan fingerprint density at radius 1 is 1.10 bits per heavy atom. The first kappa shape index (κ1) is 21.3. The summed E-state index contributed by atoms with van der Waals surface area (Å²) in [5.74, 6) is -1.32. The van der Waals surface area contributed by atoms with Crippen LogP contribution in [0.2, 0.25) is 0 Å². The molecule has 0 atom stereocenters. The number of carbonyl (C=O) groups excluding carboxylic acids is 2. The number of ether oxygens (including phenoxy) is 1. The molecule has 1 heterocycles. The molecule has 0 aliphatic carbocycles. The molecule has 8 heteroatoms. The third kappa shape index (κ3) is 4.44. The zero-order valence-electron chi connectivity index (χ0n) is 16.8. The van der Waals surface area contributed by atoms with E-state index in [2.05, 4.69) is 10.3 Å². The first-order valence-corrected chi connectivity index (χ1v) is 10.1. The van der Waals surface area contributed by atoms with Crippen molar-refractivity contribution in [1.82, 2.24) is 9.78 Å². The molecule has 0 unspecified atom stereocenters. The highest BCUT2D eigenvalue weighted by atomic mass is 32.2. The Bertz CT molecular complexity index is 1090. The summed E-state index contributed by atoms with van der Waals surface area (Å²) in [6.07, 6.45) is 0. The van der Waals surface area contributed by atoms with E-state index in [0.29, 0.717) is 11.4 Å². The standard InChI is InChI=1S/C22H21N3O4S/c1-4-29-22(27)19-18(15(3)25(23-19)16-12-10-14(2)11-13-16)20(26)21(24-28)30-17-8-6-5-7-9-17/h5-13,28H,4H2,1-3H3/b24-21-. The molecule has 7 nitrogen and oxygen atoms in total. The predicted molar refractivity (Wildman–Crippen MR) is 115 cm³/mol. The summed E-state index contributed by atoms with van der Waals surface area (Å²) < 4.78 is 6.61. The van der Waals surface area contributed by atoms with Crippen LogP contribution in [-0.2, 0) is 4.74 Å². The lowest BCUT2D eigenvalue weighted by Gasteiger charge is -2.07. The highest BCUT2D eigenvalue weighted by Crippen LogP contribution is 2.26. The number of ketones is 1. The van der Waals surface area contributed by atoms with Crippen LogP contribution in [0, 0.1) is 13.8 Å². The fraction of sp³-hybridized carbons (Fsp3) is 0.182. The van der Waals surface area contributed by atoms with Crippen LogP contribution in [-0.4, -0.2) is 38.4 Å². The fourth-order valence-corrected chi connectivity index (χ4v) is 3.63. The number of hydrogen-bond donors (Lipinski definition) is 1. The number of Topliss-reactive ketones (excluding diaryl/α,β-unsaturated/α-hetero) is 1. The van der Waals surface area contributed by atoms with Gasteiger partial charge in [-0.1, -0.05) is 52.8 Å². The summed E-state index contributed by atoms with van der Waals surface area (Å²) >= 11 is 1.00. The maximum atomic E-state index is 13.3.